The number of carbonyl (C=O) groups excluding carboxylic acids is 1. The van der Waals surface area contributed by atoms with Gasteiger partial charge in [0.2, 0.25) is 0 Å². The third kappa shape index (κ3) is 2.31. The van der Waals surface area contributed by atoms with E-state index in [1.54, 1.807) is 0 Å². The van der Waals surface area contributed by atoms with Gasteiger partial charge in [0.15, 0.2) is 0 Å². The van der Waals surface area contributed by atoms with E-state index in [0.29, 0.717) is 5.41 Å². The van der Waals surface area contributed by atoms with Gasteiger partial charge in [-0.2, -0.15) is 0 Å². The van der Waals surface area contributed by atoms with E-state index in [4.69, 9.17) is 4.74 Å². The molecule has 1 atom stereocenters. The normalized spacial score (nSPS) is 28.6. The van der Waals surface area contributed by atoms with Gasteiger partial charge in [0, 0.05) is 11.5 Å². The highest BCUT2D eigenvalue weighted by Gasteiger charge is 2.43. The summed E-state index contributed by atoms with van der Waals surface area (Å²) in [5, 5.41) is 0. The van der Waals surface area contributed by atoms with Gasteiger partial charge in [0.1, 0.15) is 6.10 Å². The van der Waals surface area contributed by atoms with Crippen molar-refractivity contribution in [2.45, 2.75) is 63.9 Å². The van der Waals surface area contributed by atoms with Gasteiger partial charge in [-0.15, -0.1) is 0 Å². The van der Waals surface area contributed by atoms with E-state index in [1.165, 1.54) is 57.4 Å². The van der Waals surface area contributed by atoms with Crippen LogP contribution in [0.1, 0.15) is 57.8 Å². The minimum absolute atomic E-state index is 0.159. The van der Waals surface area contributed by atoms with Gasteiger partial charge in [-0.1, -0.05) is 32.3 Å². The molecule has 0 heterocycles. The number of hydrogen-bond acceptors (Lipinski definition) is 2. The Kier molecular flexibility index (Phi) is 3.67. The molecular formula is C14H22O2. The van der Waals surface area contributed by atoms with Gasteiger partial charge in [-0.25, -0.2) is 4.79 Å². The summed E-state index contributed by atoms with van der Waals surface area (Å²) >= 11 is 0. The Morgan fingerprint density at radius 3 is 2.38 bits per heavy atom. The third-order valence-corrected chi connectivity index (χ3v) is 4.35. The van der Waals surface area contributed by atoms with Crippen LogP contribution in [-0.2, 0) is 9.53 Å². The zero-order chi connectivity index (χ0) is 11.4. The second-order valence-corrected chi connectivity index (χ2v) is 5.30. The molecule has 0 aromatic heterocycles. The Hall–Kier alpha value is -0.790. The summed E-state index contributed by atoms with van der Waals surface area (Å²) in [7, 11) is 0. The number of ether oxygens (including phenoxy) is 1. The van der Waals surface area contributed by atoms with Crippen molar-refractivity contribution in [3.8, 4) is 0 Å². The molecule has 0 aromatic carbocycles. The minimum Gasteiger partial charge on any atom is -0.459 e. The number of carbonyl (C=O) groups is 1. The van der Waals surface area contributed by atoms with Crippen molar-refractivity contribution in [2.75, 3.05) is 0 Å². The van der Waals surface area contributed by atoms with E-state index < -0.39 is 0 Å². The number of rotatable bonds is 2. The lowest BCUT2D eigenvalue weighted by molar-refractivity contribution is -0.156. The van der Waals surface area contributed by atoms with E-state index in [0.717, 1.165) is 6.42 Å². The van der Waals surface area contributed by atoms with E-state index in [2.05, 4.69) is 6.58 Å². The molecule has 1 unspecified atom stereocenters. The van der Waals surface area contributed by atoms with Crippen molar-refractivity contribution in [1.29, 1.82) is 0 Å². The van der Waals surface area contributed by atoms with Gasteiger partial charge in [0.25, 0.3) is 0 Å². The first kappa shape index (κ1) is 11.7. The second-order valence-electron chi connectivity index (χ2n) is 5.30. The fraction of sp³-hybridized carbons (Fsp3) is 0.786. The number of esters is 1. The van der Waals surface area contributed by atoms with Crippen LogP contribution < -0.4 is 0 Å². The third-order valence-electron chi connectivity index (χ3n) is 4.35. The molecule has 1 spiro atoms. The molecule has 0 amide bonds. The molecule has 2 aliphatic carbocycles. The van der Waals surface area contributed by atoms with Gasteiger partial charge in [0.05, 0.1) is 0 Å². The zero-order valence-corrected chi connectivity index (χ0v) is 10.0. The fourth-order valence-electron chi connectivity index (χ4n) is 3.47. The van der Waals surface area contributed by atoms with Crippen LogP contribution in [0.25, 0.3) is 0 Å². The van der Waals surface area contributed by atoms with Crippen LogP contribution in [0.4, 0.5) is 0 Å². The fourth-order valence-corrected chi connectivity index (χ4v) is 3.47. The van der Waals surface area contributed by atoms with Crippen molar-refractivity contribution in [3.63, 3.8) is 0 Å². The van der Waals surface area contributed by atoms with Crippen LogP contribution in [0.15, 0.2) is 12.7 Å². The molecule has 2 saturated carbocycles. The molecule has 0 aromatic rings. The van der Waals surface area contributed by atoms with Crippen LogP contribution in [0, 0.1) is 5.41 Å². The first-order valence-corrected chi connectivity index (χ1v) is 6.60. The zero-order valence-electron chi connectivity index (χ0n) is 10.0. The predicted octanol–water partition coefficient (Wildman–Crippen LogP) is 3.61. The second kappa shape index (κ2) is 5.03. The highest BCUT2D eigenvalue weighted by atomic mass is 16.5. The maximum Gasteiger partial charge on any atom is 0.330 e. The Morgan fingerprint density at radius 2 is 1.75 bits per heavy atom. The average molecular weight is 222 g/mol. The Morgan fingerprint density at radius 1 is 1.12 bits per heavy atom. The summed E-state index contributed by atoms with van der Waals surface area (Å²) in [6, 6.07) is 0. The Balaban J connectivity index is 2.06. The summed E-state index contributed by atoms with van der Waals surface area (Å²) < 4.78 is 5.58. The Labute approximate surface area is 98.1 Å². The SMILES string of the molecule is C=CC(=O)OC1CCCCC12CCCCC2. The highest BCUT2D eigenvalue weighted by Crippen LogP contribution is 2.48. The van der Waals surface area contributed by atoms with Crippen LogP contribution >= 0.6 is 0 Å². The number of hydrogen-bond donors (Lipinski definition) is 0. The lowest BCUT2D eigenvalue weighted by Gasteiger charge is -2.45. The first-order valence-electron chi connectivity index (χ1n) is 6.60. The summed E-state index contributed by atoms with van der Waals surface area (Å²) in [5.41, 5.74) is 0.315. The standard InChI is InChI=1S/C14H22O2/c1-2-13(15)16-12-8-4-7-11-14(12)9-5-3-6-10-14/h2,12H,1,3-11H2. The maximum absolute atomic E-state index is 11.4. The van der Waals surface area contributed by atoms with Crippen LogP contribution in [0.5, 0.6) is 0 Å². The smallest absolute Gasteiger partial charge is 0.330 e. The molecule has 90 valence electrons. The van der Waals surface area contributed by atoms with Crippen LogP contribution in [-0.4, -0.2) is 12.1 Å². The van der Waals surface area contributed by atoms with Crippen molar-refractivity contribution in [1.82, 2.24) is 0 Å². The first-order chi connectivity index (χ1) is 7.77. The highest BCUT2D eigenvalue weighted by molar-refractivity contribution is 5.81. The average Bonchev–Trinajstić information content (AvgIpc) is 2.33. The molecule has 2 fully saturated rings. The van der Waals surface area contributed by atoms with E-state index in [-0.39, 0.29) is 12.1 Å². The Bertz CT molecular complexity index is 256. The molecule has 2 heteroatoms. The van der Waals surface area contributed by atoms with E-state index in [1.807, 2.05) is 0 Å². The molecular weight excluding hydrogens is 200 g/mol. The van der Waals surface area contributed by atoms with Crippen LogP contribution in [0.2, 0.25) is 0 Å². The van der Waals surface area contributed by atoms with Crippen molar-refractivity contribution < 1.29 is 9.53 Å². The quantitative estimate of drug-likeness (QED) is 0.527. The summed E-state index contributed by atoms with van der Waals surface area (Å²) in [6.45, 7) is 3.49. The molecule has 0 N–H and O–H groups in total. The molecule has 16 heavy (non-hydrogen) atoms. The molecule has 0 aliphatic heterocycles. The molecule has 2 aliphatic rings. The van der Waals surface area contributed by atoms with Crippen LogP contribution in [0.3, 0.4) is 0 Å². The molecule has 2 rings (SSSR count). The summed E-state index contributed by atoms with van der Waals surface area (Å²) in [6.07, 6.45) is 12.7. The molecule has 2 nitrogen and oxygen atoms in total. The lowest BCUT2D eigenvalue weighted by Crippen LogP contribution is -2.42. The largest absolute Gasteiger partial charge is 0.459 e. The van der Waals surface area contributed by atoms with E-state index >= 15 is 0 Å². The minimum atomic E-state index is -0.239. The molecule has 0 radical (unpaired) electrons. The summed E-state index contributed by atoms with van der Waals surface area (Å²) in [5.74, 6) is -0.239. The molecule has 0 bridgehead atoms. The summed E-state index contributed by atoms with van der Waals surface area (Å²) in [4.78, 5) is 11.4. The topological polar surface area (TPSA) is 26.3 Å². The lowest BCUT2D eigenvalue weighted by atomic mass is 9.63. The molecule has 0 saturated heterocycles. The predicted molar refractivity (Wildman–Crippen MR) is 64.1 cm³/mol. The monoisotopic (exact) mass is 222 g/mol. The van der Waals surface area contributed by atoms with Crippen molar-refractivity contribution >= 4 is 5.97 Å². The van der Waals surface area contributed by atoms with Gasteiger partial charge < -0.3 is 4.74 Å². The van der Waals surface area contributed by atoms with Gasteiger partial charge in [-0.05, 0) is 32.1 Å². The maximum atomic E-state index is 11.4. The van der Waals surface area contributed by atoms with Crippen molar-refractivity contribution in [2.24, 2.45) is 5.41 Å². The van der Waals surface area contributed by atoms with Gasteiger partial charge >= 0.3 is 5.97 Å². The van der Waals surface area contributed by atoms with Gasteiger partial charge in [-0.3, -0.25) is 0 Å². The van der Waals surface area contributed by atoms with Crippen molar-refractivity contribution in [3.05, 3.63) is 12.7 Å². The van der Waals surface area contributed by atoms with E-state index in [9.17, 15) is 4.79 Å².